The van der Waals surface area contributed by atoms with Gasteiger partial charge in [0.1, 0.15) is 5.56 Å². The summed E-state index contributed by atoms with van der Waals surface area (Å²) in [7, 11) is 0. The normalized spacial score (nSPS) is 12.0. The zero-order valence-corrected chi connectivity index (χ0v) is 17.6. The summed E-state index contributed by atoms with van der Waals surface area (Å²) >= 11 is 0. The Hall–Kier alpha value is -2.67. The first kappa shape index (κ1) is 21.6. The van der Waals surface area contributed by atoms with Gasteiger partial charge in [-0.1, -0.05) is 31.5 Å². The summed E-state index contributed by atoms with van der Waals surface area (Å²) in [5, 5.41) is 10.8. The summed E-state index contributed by atoms with van der Waals surface area (Å²) in [4.78, 5) is 33.9. The first-order valence-corrected chi connectivity index (χ1v) is 9.61. The van der Waals surface area contributed by atoms with Crippen molar-refractivity contribution in [3.05, 3.63) is 55.2 Å². The molecule has 0 fully saturated rings. The first-order valence-electron chi connectivity index (χ1n) is 9.61. The number of aromatic amines is 1. The minimum Gasteiger partial charge on any atom is -0.493 e. The Bertz CT molecular complexity index is 975. The molecule has 0 spiro atoms. The van der Waals surface area contributed by atoms with Crippen LogP contribution in [-0.2, 0) is 0 Å². The minimum atomic E-state index is -0.669. The van der Waals surface area contributed by atoms with Gasteiger partial charge in [0.2, 0.25) is 5.88 Å². The monoisotopic (exact) mass is 386 g/mol. The van der Waals surface area contributed by atoms with Gasteiger partial charge in [0, 0.05) is 12.3 Å². The average Bonchev–Trinajstić information content (AvgIpc) is 2.60. The fourth-order valence-electron chi connectivity index (χ4n) is 3.56. The van der Waals surface area contributed by atoms with Gasteiger partial charge in [0.25, 0.3) is 5.56 Å². The second-order valence-corrected chi connectivity index (χ2v) is 7.03. The molecule has 0 unspecified atom stereocenters. The molecule has 2 aromatic rings. The van der Waals surface area contributed by atoms with E-state index in [0.717, 1.165) is 40.9 Å². The molecule has 0 saturated carbocycles. The van der Waals surface area contributed by atoms with E-state index in [1.807, 2.05) is 32.9 Å². The lowest BCUT2D eigenvalue weighted by Crippen LogP contribution is -2.33. The van der Waals surface area contributed by atoms with Crippen LogP contribution in [0.4, 0.5) is 0 Å². The number of likely N-dealkylation sites (N-methyl/N-ethyl adjacent to an activating group) is 1. The topological polar surface area (TPSA) is 90.7 Å². The molecule has 28 heavy (non-hydrogen) atoms. The highest BCUT2D eigenvalue weighted by molar-refractivity contribution is 6.00. The zero-order chi connectivity index (χ0) is 21.0. The Kier molecular flexibility index (Phi) is 6.96. The second kappa shape index (κ2) is 9.01. The number of H-pyrrole nitrogens is 1. The van der Waals surface area contributed by atoms with Crippen molar-refractivity contribution in [2.24, 2.45) is 4.99 Å². The van der Waals surface area contributed by atoms with Crippen LogP contribution < -0.4 is 11.2 Å². The maximum absolute atomic E-state index is 12.5. The Labute approximate surface area is 165 Å². The number of aromatic hydroxyl groups is 1. The van der Waals surface area contributed by atoms with Gasteiger partial charge in [-0.05, 0) is 51.9 Å². The van der Waals surface area contributed by atoms with E-state index in [0.29, 0.717) is 17.9 Å². The van der Waals surface area contributed by atoms with Gasteiger partial charge in [0.15, 0.2) is 0 Å². The van der Waals surface area contributed by atoms with E-state index >= 15 is 0 Å². The van der Waals surface area contributed by atoms with Crippen molar-refractivity contribution in [2.75, 3.05) is 26.2 Å². The first-order chi connectivity index (χ1) is 13.2. The van der Waals surface area contributed by atoms with Crippen LogP contribution in [0.3, 0.4) is 0 Å². The fraction of sp³-hybridized carbons (Fsp3) is 0.476. The molecule has 0 radical (unpaired) electrons. The molecule has 152 valence electrons. The molecule has 2 rings (SSSR count). The number of aromatic nitrogens is 2. The molecule has 0 atom stereocenters. The Balaban J connectivity index is 2.56. The quantitative estimate of drug-likeness (QED) is 0.715. The van der Waals surface area contributed by atoms with Crippen molar-refractivity contribution in [3.8, 4) is 11.6 Å². The Morgan fingerprint density at radius 2 is 1.71 bits per heavy atom. The van der Waals surface area contributed by atoms with Gasteiger partial charge < -0.3 is 10.0 Å². The SMILES string of the molecule is CCN(CC)CCN=C(C)c1c(O)n(-c2c(C)cc(C)cc2C)c(=O)[nH]c1=O. The molecule has 0 saturated heterocycles. The van der Waals surface area contributed by atoms with Crippen molar-refractivity contribution in [1.82, 2.24) is 14.5 Å². The number of hydrogen-bond acceptors (Lipinski definition) is 5. The van der Waals surface area contributed by atoms with Crippen molar-refractivity contribution in [3.63, 3.8) is 0 Å². The van der Waals surface area contributed by atoms with E-state index in [2.05, 4.69) is 28.7 Å². The molecule has 0 aliphatic heterocycles. The van der Waals surface area contributed by atoms with E-state index in [9.17, 15) is 14.7 Å². The van der Waals surface area contributed by atoms with Crippen LogP contribution in [0, 0.1) is 20.8 Å². The van der Waals surface area contributed by atoms with Gasteiger partial charge in [-0.2, -0.15) is 0 Å². The van der Waals surface area contributed by atoms with Crippen molar-refractivity contribution in [1.29, 1.82) is 0 Å². The highest BCUT2D eigenvalue weighted by Crippen LogP contribution is 2.24. The summed E-state index contributed by atoms with van der Waals surface area (Å²) < 4.78 is 1.16. The Morgan fingerprint density at radius 3 is 2.25 bits per heavy atom. The molecule has 7 heteroatoms. The molecule has 0 amide bonds. The highest BCUT2D eigenvalue weighted by Gasteiger charge is 2.20. The molecule has 1 heterocycles. The second-order valence-electron chi connectivity index (χ2n) is 7.03. The third-order valence-electron chi connectivity index (χ3n) is 4.97. The molecule has 0 bridgehead atoms. The maximum atomic E-state index is 12.5. The third-order valence-corrected chi connectivity index (χ3v) is 4.97. The maximum Gasteiger partial charge on any atom is 0.335 e. The standard InChI is InChI=1S/C21H30N4O3/c1-7-24(8-2)10-9-22-16(6)17-19(26)23-21(28)25(20(17)27)18-14(4)11-13(3)12-15(18)5/h11-12,27H,7-10H2,1-6H3,(H,23,26,28). The van der Waals surface area contributed by atoms with E-state index in [4.69, 9.17) is 0 Å². The number of benzene rings is 1. The molecule has 7 nitrogen and oxygen atoms in total. The molecule has 1 aromatic carbocycles. The minimum absolute atomic E-state index is 0.0264. The van der Waals surface area contributed by atoms with E-state index < -0.39 is 11.2 Å². The highest BCUT2D eigenvalue weighted by atomic mass is 16.3. The van der Waals surface area contributed by atoms with Crippen molar-refractivity contribution < 1.29 is 5.11 Å². The molecule has 0 aliphatic carbocycles. The van der Waals surface area contributed by atoms with Gasteiger partial charge in [-0.3, -0.25) is 14.8 Å². The summed E-state index contributed by atoms with van der Waals surface area (Å²) in [6, 6.07) is 3.87. The third kappa shape index (κ3) is 4.42. The van der Waals surface area contributed by atoms with Crippen LogP contribution in [0.5, 0.6) is 5.88 Å². The molecule has 1 aromatic heterocycles. The lowest BCUT2D eigenvalue weighted by Gasteiger charge is -2.17. The van der Waals surface area contributed by atoms with Gasteiger partial charge in [0.05, 0.1) is 12.2 Å². The molecule has 2 N–H and O–H groups in total. The van der Waals surface area contributed by atoms with Crippen LogP contribution in [-0.4, -0.2) is 51.4 Å². The summed E-state index contributed by atoms with van der Waals surface area (Å²) in [5.74, 6) is -0.382. The van der Waals surface area contributed by atoms with Gasteiger partial charge in [-0.25, -0.2) is 9.36 Å². The predicted molar refractivity (Wildman–Crippen MR) is 113 cm³/mol. The number of aryl methyl sites for hydroxylation is 3. The number of nitrogens with one attached hydrogen (secondary N) is 1. The van der Waals surface area contributed by atoms with Gasteiger partial charge in [-0.15, -0.1) is 0 Å². The fourth-order valence-corrected chi connectivity index (χ4v) is 3.56. The number of hydrogen-bond donors (Lipinski definition) is 2. The summed E-state index contributed by atoms with van der Waals surface area (Å²) in [6.07, 6.45) is 0. The lowest BCUT2D eigenvalue weighted by atomic mass is 10.0. The molecular formula is C21H30N4O3. The summed E-state index contributed by atoms with van der Waals surface area (Å²) in [6.45, 7) is 14.7. The number of rotatable bonds is 7. The van der Waals surface area contributed by atoms with E-state index in [-0.39, 0.29) is 11.4 Å². The molecular weight excluding hydrogens is 356 g/mol. The van der Waals surface area contributed by atoms with Crippen molar-refractivity contribution >= 4 is 5.71 Å². The van der Waals surface area contributed by atoms with Crippen LogP contribution in [0.1, 0.15) is 43.0 Å². The largest absolute Gasteiger partial charge is 0.493 e. The number of nitrogens with zero attached hydrogens (tertiary/aromatic N) is 3. The summed E-state index contributed by atoms with van der Waals surface area (Å²) in [5.41, 5.74) is 2.43. The zero-order valence-electron chi connectivity index (χ0n) is 17.6. The number of aliphatic imine (C=N–C) groups is 1. The van der Waals surface area contributed by atoms with Crippen LogP contribution >= 0.6 is 0 Å². The van der Waals surface area contributed by atoms with Crippen LogP contribution in [0.15, 0.2) is 26.7 Å². The van der Waals surface area contributed by atoms with E-state index in [1.165, 1.54) is 0 Å². The Morgan fingerprint density at radius 1 is 1.14 bits per heavy atom. The lowest BCUT2D eigenvalue weighted by molar-refractivity contribution is 0.313. The average molecular weight is 386 g/mol. The van der Waals surface area contributed by atoms with Crippen LogP contribution in [0.2, 0.25) is 0 Å². The van der Waals surface area contributed by atoms with E-state index in [1.54, 1.807) is 6.92 Å². The predicted octanol–water partition coefficient (Wildman–Crippen LogP) is 2.31. The van der Waals surface area contributed by atoms with Crippen molar-refractivity contribution in [2.45, 2.75) is 41.5 Å². The smallest absolute Gasteiger partial charge is 0.335 e. The van der Waals surface area contributed by atoms with Gasteiger partial charge >= 0.3 is 5.69 Å². The van der Waals surface area contributed by atoms with Crippen LogP contribution in [0.25, 0.3) is 5.69 Å². The molecule has 0 aliphatic rings.